The van der Waals surface area contributed by atoms with Gasteiger partial charge in [-0.3, -0.25) is 4.79 Å². The minimum atomic E-state index is -3.61. The largest absolute Gasteiger partial charge is 0.394 e. The summed E-state index contributed by atoms with van der Waals surface area (Å²) in [6.45, 7) is 6.42. The summed E-state index contributed by atoms with van der Waals surface area (Å²) in [7, 11) is -3.61. The Balaban J connectivity index is 2.92. The van der Waals surface area contributed by atoms with Gasteiger partial charge in [0.2, 0.25) is 15.9 Å². The fourth-order valence-electron chi connectivity index (χ4n) is 2.03. The van der Waals surface area contributed by atoms with E-state index in [1.807, 2.05) is 0 Å². The van der Waals surface area contributed by atoms with Crippen LogP contribution in [0.5, 0.6) is 0 Å². The third-order valence-corrected chi connectivity index (χ3v) is 5.03. The zero-order valence-corrected chi connectivity index (χ0v) is 15.2. The van der Waals surface area contributed by atoms with Crippen LogP contribution in [0.3, 0.4) is 0 Å². The Morgan fingerprint density at radius 3 is 2.08 bits per heavy atom. The van der Waals surface area contributed by atoms with E-state index in [4.69, 9.17) is 0 Å². The first-order valence-electron chi connectivity index (χ1n) is 7.80. The number of rotatable bonds is 8. The van der Waals surface area contributed by atoms with Crippen molar-refractivity contribution in [2.75, 3.05) is 6.61 Å². The lowest BCUT2D eigenvalue weighted by molar-refractivity contribution is -0.126. The van der Waals surface area contributed by atoms with Crippen LogP contribution in [-0.2, 0) is 14.8 Å². The first-order chi connectivity index (χ1) is 11.1. The average molecular weight is 358 g/mol. The van der Waals surface area contributed by atoms with E-state index in [1.54, 1.807) is 27.7 Å². The van der Waals surface area contributed by atoms with Gasteiger partial charge in [-0.15, -0.1) is 0 Å². The molecule has 7 nitrogen and oxygen atoms in total. The summed E-state index contributed by atoms with van der Waals surface area (Å²) in [5.41, 5.74) is 0.404. The topological polar surface area (TPSA) is 116 Å². The van der Waals surface area contributed by atoms with Gasteiger partial charge in [0.1, 0.15) is 6.10 Å². The molecule has 0 aliphatic rings. The molecule has 0 radical (unpaired) electrons. The Kier molecular flexibility index (Phi) is 7.34. The lowest BCUT2D eigenvalue weighted by Crippen LogP contribution is -2.43. The van der Waals surface area contributed by atoms with Crippen molar-refractivity contribution >= 4 is 15.9 Å². The normalized spacial score (nSPS) is 14.7. The Hall–Kier alpha value is -1.48. The first-order valence-corrected chi connectivity index (χ1v) is 9.28. The molecule has 0 heterocycles. The summed E-state index contributed by atoms with van der Waals surface area (Å²) >= 11 is 0. The van der Waals surface area contributed by atoms with E-state index in [-0.39, 0.29) is 22.8 Å². The fraction of sp³-hybridized carbons (Fsp3) is 0.562. The van der Waals surface area contributed by atoms with Gasteiger partial charge in [-0.1, -0.05) is 26.0 Å². The van der Waals surface area contributed by atoms with E-state index in [9.17, 15) is 23.4 Å². The van der Waals surface area contributed by atoms with Gasteiger partial charge in [-0.05, 0) is 31.5 Å². The SMILES string of the molecule is CC(C)NS(=O)(=O)c1ccc(C(O)C(CO)NC(=O)C(C)C)cc1. The molecule has 0 fully saturated rings. The van der Waals surface area contributed by atoms with Gasteiger partial charge in [-0.2, -0.15) is 0 Å². The van der Waals surface area contributed by atoms with Crippen LogP contribution in [0.4, 0.5) is 0 Å². The van der Waals surface area contributed by atoms with Crippen molar-refractivity contribution in [3.63, 3.8) is 0 Å². The van der Waals surface area contributed by atoms with Crippen LogP contribution in [0.25, 0.3) is 0 Å². The molecule has 0 saturated carbocycles. The van der Waals surface area contributed by atoms with Gasteiger partial charge in [-0.25, -0.2) is 13.1 Å². The average Bonchev–Trinajstić information content (AvgIpc) is 2.50. The predicted octanol–water partition coefficient (Wildman–Crippen LogP) is 0.540. The second-order valence-corrected chi connectivity index (χ2v) is 7.96. The van der Waals surface area contributed by atoms with E-state index < -0.39 is 28.8 Å². The highest BCUT2D eigenvalue weighted by molar-refractivity contribution is 7.89. The van der Waals surface area contributed by atoms with E-state index in [2.05, 4.69) is 10.0 Å². The third kappa shape index (κ3) is 5.55. The van der Waals surface area contributed by atoms with E-state index in [1.165, 1.54) is 24.3 Å². The van der Waals surface area contributed by atoms with Crippen LogP contribution in [0, 0.1) is 5.92 Å². The van der Waals surface area contributed by atoms with E-state index >= 15 is 0 Å². The van der Waals surface area contributed by atoms with Crippen molar-refractivity contribution < 1.29 is 23.4 Å². The highest BCUT2D eigenvalue weighted by Gasteiger charge is 2.24. The number of hydrogen-bond acceptors (Lipinski definition) is 5. The predicted molar refractivity (Wildman–Crippen MR) is 90.7 cm³/mol. The molecule has 0 saturated heterocycles. The summed E-state index contributed by atoms with van der Waals surface area (Å²) in [6.07, 6.45) is -1.15. The number of sulfonamides is 1. The highest BCUT2D eigenvalue weighted by atomic mass is 32.2. The van der Waals surface area contributed by atoms with Crippen LogP contribution in [0.2, 0.25) is 0 Å². The molecule has 136 valence electrons. The zero-order chi connectivity index (χ0) is 18.5. The highest BCUT2D eigenvalue weighted by Crippen LogP contribution is 2.20. The molecule has 0 aliphatic carbocycles. The molecule has 0 spiro atoms. The van der Waals surface area contributed by atoms with Crippen LogP contribution < -0.4 is 10.0 Å². The Morgan fingerprint density at radius 1 is 1.12 bits per heavy atom. The van der Waals surface area contributed by atoms with Gasteiger partial charge in [0.15, 0.2) is 0 Å². The second kappa shape index (κ2) is 8.57. The molecule has 4 N–H and O–H groups in total. The number of carbonyl (C=O) groups excluding carboxylic acids is 1. The van der Waals surface area contributed by atoms with Gasteiger partial charge < -0.3 is 15.5 Å². The maximum atomic E-state index is 12.1. The summed E-state index contributed by atoms with van der Waals surface area (Å²) in [5, 5.41) is 22.3. The number of aliphatic hydroxyl groups is 2. The van der Waals surface area contributed by atoms with Crippen molar-refractivity contribution in [3.05, 3.63) is 29.8 Å². The van der Waals surface area contributed by atoms with Crippen molar-refractivity contribution in [2.24, 2.45) is 5.92 Å². The summed E-state index contributed by atoms with van der Waals surface area (Å²) in [5.74, 6) is -0.561. The summed E-state index contributed by atoms with van der Waals surface area (Å²) in [4.78, 5) is 11.8. The molecule has 1 amide bonds. The summed E-state index contributed by atoms with van der Waals surface area (Å²) in [6, 6.07) is 4.58. The Morgan fingerprint density at radius 2 is 1.67 bits per heavy atom. The molecular weight excluding hydrogens is 332 g/mol. The molecule has 8 heteroatoms. The number of benzene rings is 1. The minimum Gasteiger partial charge on any atom is -0.394 e. The lowest BCUT2D eigenvalue weighted by atomic mass is 10.0. The lowest BCUT2D eigenvalue weighted by Gasteiger charge is -2.23. The maximum absolute atomic E-state index is 12.1. The number of carbonyl (C=O) groups is 1. The smallest absolute Gasteiger partial charge is 0.240 e. The van der Waals surface area contributed by atoms with Gasteiger partial charge in [0.25, 0.3) is 0 Å². The van der Waals surface area contributed by atoms with Crippen molar-refractivity contribution in [3.8, 4) is 0 Å². The first kappa shape index (κ1) is 20.6. The summed E-state index contributed by atoms with van der Waals surface area (Å²) < 4.78 is 26.6. The van der Waals surface area contributed by atoms with Crippen LogP contribution in [-0.4, -0.2) is 43.2 Å². The number of aliphatic hydroxyl groups excluding tert-OH is 2. The molecule has 2 atom stereocenters. The standard InChI is InChI=1S/C16H26N2O5S/c1-10(2)16(21)17-14(9-19)15(20)12-5-7-13(8-6-12)24(22,23)18-11(3)4/h5-8,10-11,14-15,18-20H,9H2,1-4H3,(H,17,21). The number of nitrogens with one attached hydrogen (secondary N) is 2. The van der Waals surface area contributed by atoms with E-state index in [0.29, 0.717) is 5.56 Å². The quantitative estimate of drug-likeness (QED) is 0.541. The molecule has 1 aromatic rings. The van der Waals surface area contributed by atoms with Crippen molar-refractivity contribution in [1.82, 2.24) is 10.0 Å². The molecule has 24 heavy (non-hydrogen) atoms. The van der Waals surface area contributed by atoms with Crippen LogP contribution in [0.15, 0.2) is 29.2 Å². The van der Waals surface area contributed by atoms with Crippen LogP contribution in [0.1, 0.15) is 39.4 Å². The van der Waals surface area contributed by atoms with Gasteiger partial charge >= 0.3 is 0 Å². The molecule has 1 rings (SSSR count). The van der Waals surface area contributed by atoms with Gasteiger partial charge in [0, 0.05) is 12.0 Å². The number of hydrogen-bond donors (Lipinski definition) is 4. The third-order valence-electron chi connectivity index (χ3n) is 3.35. The Bertz CT molecular complexity index is 641. The number of amides is 1. The second-order valence-electron chi connectivity index (χ2n) is 6.24. The van der Waals surface area contributed by atoms with Gasteiger partial charge in [0.05, 0.1) is 17.5 Å². The van der Waals surface area contributed by atoms with E-state index in [0.717, 1.165) is 0 Å². The molecular formula is C16H26N2O5S. The fourth-order valence-corrected chi connectivity index (χ4v) is 3.28. The maximum Gasteiger partial charge on any atom is 0.240 e. The molecule has 1 aromatic carbocycles. The molecule has 0 aliphatic heterocycles. The van der Waals surface area contributed by atoms with Crippen molar-refractivity contribution in [2.45, 2.75) is 50.8 Å². The van der Waals surface area contributed by atoms with Crippen LogP contribution >= 0.6 is 0 Å². The zero-order valence-electron chi connectivity index (χ0n) is 14.4. The molecule has 0 aromatic heterocycles. The molecule has 2 unspecified atom stereocenters. The molecule has 0 bridgehead atoms. The minimum absolute atomic E-state index is 0.0823. The van der Waals surface area contributed by atoms with Crippen molar-refractivity contribution in [1.29, 1.82) is 0 Å². The monoisotopic (exact) mass is 358 g/mol. The Labute approximate surface area is 143 Å².